The molecule has 0 saturated carbocycles. The van der Waals surface area contributed by atoms with E-state index in [1.165, 1.54) is 11.8 Å². The van der Waals surface area contributed by atoms with Gasteiger partial charge in [-0.15, -0.1) is 0 Å². The normalized spacial score (nSPS) is 16.2. The maximum absolute atomic E-state index is 13.5. The Morgan fingerprint density at radius 2 is 1.76 bits per heavy atom. The number of amidine groups is 1. The number of anilines is 1. The van der Waals surface area contributed by atoms with Crippen LogP contribution >= 0.6 is 11.8 Å². The number of carbonyl (C=O) groups is 2. The summed E-state index contributed by atoms with van der Waals surface area (Å²) in [7, 11) is 3.20. The summed E-state index contributed by atoms with van der Waals surface area (Å²) >= 11 is 1.34. The molecule has 3 aromatic carbocycles. The molecule has 0 spiro atoms. The molecule has 0 unspecified atom stereocenters. The molecular weight excluding hydrogens is 486 g/mol. The van der Waals surface area contributed by atoms with Crippen molar-refractivity contribution in [3.63, 3.8) is 0 Å². The Morgan fingerprint density at radius 3 is 2.46 bits per heavy atom. The van der Waals surface area contributed by atoms with E-state index in [1.807, 2.05) is 80.6 Å². The highest BCUT2D eigenvalue weighted by molar-refractivity contribution is 8.15. The topological polar surface area (TPSA) is 80.2 Å². The highest BCUT2D eigenvalue weighted by Crippen LogP contribution is 2.33. The lowest BCUT2D eigenvalue weighted by atomic mass is 10.1. The minimum absolute atomic E-state index is 0.0669. The predicted octanol–water partition coefficient (Wildman–Crippen LogP) is 5.52. The third-order valence-corrected chi connectivity index (χ3v) is 7.28. The number of ether oxygens (including phenoxy) is 2. The number of rotatable bonds is 9. The van der Waals surface area contributed by atoms with E-state index in [0.29, 0.717) is 29.6 Å². The van der Waals surface area contributed by atoms with Gasteiger partial charge < -0.3 is 14.8 Å². The van der Waals surface area contributed by atoms with Gasteiger partial charge in [-0.3, -0.25) is 14.5 Å². The monoisotopic (exact) mass is 517 g/mol. The van der Waals surface area contributed by atoms with Crippen molar-refractivity contribution in [2.45, 2.75) is 31.9 Å². The Hall–Kier alpha value is -3.78. The van der Waals surface area contributed by atoms with Crippen LogP contribution in [0.3, 0.4) is 0 Å². The van der Waals surface area contributed by atoms with Crippen LogP contribution < -0.4 is 14.8 Å². The molecule has 2 amide bonds. The van der Waals surface area contributed by atoms with Gasteiger partial charge in [-0.25, -0.2) is 4.99 Å². The van der Waals surface area contributed by atoms with Crippen LogP contribution in [0, 0.1) is 13.8 Å². The summed E-state index contributed by atoms with van der Waals surface area (Å²) in [5.41, 5.74) is 4.64. The first-order valence-corrected chi connectivity index (χ1v) is 13.0. The maximum atomic E-state index is 13.5. The predicted molar refractivity (Wildman–Crippen MR) is 149 cm³/mol. The Morgan fingerprint density at radius 1 is 1.00 bits per heavy atom. The number of hydrogen-bond acceptors (Lipinski definition) is 6. The van der Waals surface area contributed by atoms with Crippen molar-refractivity contribution in [2.24, 2.45) is 4.99 Å². The maximum Gasteiger partial charge on any atom is 0.242 e. The second kappa shape index (κ2) is 12.0. The van der Waals surface area contributed by atoms with E-state index in [2.05, 4.69) is 5.32 Å². The van der Waals surface area contributed by atoms with Gasteiger partial charge in [0, 0.05) is 18.7 Å². The van der Waals surface area contributed by atoms with Gasteiger partial charge in [0.1, 0.15) is 5.25 Å². The molecule has 1 N–H and O–H groups in total. The fourth-order valence-corrected chi connectivity index (χ4v) is 5.33. The van der Waals surface area contributed by atoms with Crippen molar-refractivity contribution in [2.75, 3.05) is 26.1 Å². The lowest BCUT2D eigenvalue weighted by molar-refractivity contribution is -0.128. The van der Waals surface area contributed by atoms with Crippen molar-refractivity contribution < 1.29 is 19.1 Å². The van der Waals surface area contributed by atoms with Gasteiger partial charge in [0.05, 0.1) is 19.9 Å². The number of nitrogens with one attached hydrogen (secondary N) is 1. The van der Waals surface area contributed by atoms with Gasteiger partial charge in [-0.2, -0.15) is 0 Å². The van der Waals surface area contributed by atoms with E-state index in [4.69, 9.17) is 14.5 Å². The zero-order chi connectivity index (χ0) is 26.4. The van der Waals surface area contributed by atoms with Gasteiger partial charge in [-0.1, -0.05) is 53.7 Å². The second-order valence-electron chi connectivity index (χ2n) is 8.84. The Bertz CT molecular complexity index is 1310. The molecular formula is C29H31N3O4S. The number of aryl methyl sites for hydroxylation is 2. The first-order valence-electron chi connectivity index (χ1n) is 12.1. The van der Waals surface area contributed by atoms with E-state index in [1.54, 1.807) is 19.1 Å². The average molecular weight is 518 g/mol. The summed E-state index contributed by atoms with van der Waals surface area (Å²) in [4.78, 5) is 32.7. The number of aliphatic imine (C=N–C) groups is 1. The average Bonchev–Trinajstić information content (AvgIpc) is 3.18. The SMILES string of the molecule is COc1ccc(CCN2C(=O)[C@@H](CC(=O)Nc3ccc(C)cc3C)SC2=Nc2ccccc2)cc1OC. The third kappa shape index (κ3) is 6.51. The molecule has 1 atom stereocenters. The Kier molecular flexibility index (Phi) is 8.50. The van der Waals surface area contributed by atoms with Gasteiger partial charge >= 0.3 is 0 Å². The highest BCUT2D eigenvalue weighted by Gasteiger charge is 2.39. The number of methoxy groups -OCH3 is 2. The fraction of sp³-hybridized carbons (Fsp3) is 0.276. The fourth-order valence-electron chi connectivity index (χ4n) is 4.14. The summed E-state index contributed by atoms with van der Waals surface area (Å²) in [6.07, 6.45) is 0.666. The van der Waals surface area contributed by atoms with Crippen LogP contribution in [0.5, 0.6) is 11.5 Å². The highest BCUT2D eigenvalue weighted by atomic mass is 32.2. The van der Waals surface area contributed by atoms with Crippen LogP contribution in [0.25, 0.3) is 0 Å². The minimum atomic E-state index is -0.543. The molecule has 0 bridgehead atoms. The van der Waals surface area contributed by atoms with Crippen LogP contribution in [0.1, 0.15) is 23.1 Å². The molecule has 1 aliphatic rings. The second-order valence-corrected chi connectivity index (χ2v) is 10.0. The molecule has 0 radical (unpaired) electrons. The molecule has 0 aliphatic carbocycles. The third-order valence-electron chi connectivity index (χ3n) is 6.10. The van der Waals surface area contributed by atoms with Gasteiger partial charge in [0.2, 0.25) is 11.8 Å². The molecule has 37 heavy (non-hydrogen) atoms. The number of para-hydroxylation sites is 1. The van der Waals surface area contributed by atoms with Crippen molar-refractivity contribution in [3.8, 4) is 11.5 Å². The summed E-state index contributed by atoms with van der Waals surface area (Å²) in [5.74, 6) is 0.982. The molecule has 1 heterocycles. The number of hydrogen-bond donors (Lipinski definition) is 1. The van der Waals surface area contributed by atoms with Crippen LogP contribution in [-0.2, 0) is 16.0 Å². The molecule has 1 fully saturated rings. The van der Waals surface area contributed by atoms with Crippen molar-refractivity contribution >= 4 is 40.1 Å². The lowest BCUT2D eigenvalue weighted by Crippen LogP contribution is -2.35. The van der Waals surface area contributed by atoms with Crippen molar-refractivity contribution in [3.05, 3.63) is 83.4 Å². The van der Waals surface area contributed by atoms with Crippen LogP contribution in [-0.4, -0.2) is 47.9 Å². The van der Waals surface area contributed by atoms with E-state index in [9.17, 15) is 9.59 Å². The van der Waals surface area contributed by atoms with Crippen molar-refractivity contribution in [1.82, 2.24) is 4.90 Å². The lowest BCUT2D eigenvalue weighted by Gasteiger charge is -2.17. The van der Waals surface area contributed by atoms with Crippen molar-refractivity contribution in [1.29, 1.82) is 0 Å². The summed E-state index contributed by atoms with van der Waals surface area (Å²) in [6.45, 7) is 4.40. The largest absolute Gasteiger partial charge is 0.493 e. The number of nitrogens with zero attached hydrogens (tertiary/aromatic N) is 2. The Balaban J connectivity index is 1.51. The Labute approximate surface area is 221 Å². The minimum Gasteiger partial charge on any atom is -0.493 e. The van der Waals surface area contributed by atoms with Crippen LogP contribution in [0.2, 0.25) is 0 Å². The van der Waals surface area contributed by atoms with E-state index < -0.39 is 5.25 Å². The number of benzene rings is 3. The van der Waals surface area contributed by atoms with Gasteiger partial charge in [0.25, 0.3) is 0 Å². The molecule has 192 valence electrons. The van der Waals surface area contributed by atoms with E-state index in [-0.39, 0.29) is 18.2 Å². The number of thioether (sulfide) groups is 1. The first kappa shape index (κ1) is 26.3. The van der Waals surface area contributed by atoms with Crippen LogP contribution in [0.15, 0.2) is 71.7 Å². The molecule has 7 nitrogen and oxygen atoms in total. The molecule has 0 aromatic heterocycles. The van der Waals surface area contributed by atoms with Gasteiger partial charge in [0.15, 0.2) is 16.7 Å². The summed E-state index contributed by atoms with van der Waals surface area (Å²) in [5, 5.41) is 3.01. The van der Waals surface area contributed by atoms with E-state index in [0.717, 1.165) is 28.1 Å². The van der Waals surface area contributed by atoms with Crippen LogP contribution in [0.4, 0.5) is 11.4 Å². The molecule has 3 aromatic rings. The smallest absolute Gasteiger partial charge is 0.242 e. The standard InChI is InChI=1S/C29H31N3O4S/c1-19-10-12-23(20(2)16-19)31-27(33)18-26-28(34)32(29(37-26)30-22-8-6-5-7-9-22)15-14-21-11-13-24(35-3)25(17-21)36-4/h5-13,16-17,26H,14-15,18H2,1-4H3,(H,31,33)/t26-/m1/s1. The first-order chi connectivity index (χ1) is 17.9. The molecule has 1 aliphatic heterocycles. The van der Waals surface area contributed by atoms with Gasteiger partial charge in [-0.05, 0) is 61.7 Å². The quantitative estimate of drug-likeness (QED) is 0.404. The molecule has 4 rings (SSSR count). The zero-order valence-electron chi connectivity index (χ0n) is 21.5. The van der Waals surface area contributed by atoms with E-state index >= 15 is 0 Å². The number of amides is 2. The summed E-state index contributed by atoms with van der Waals surface area (Å²) in [6, 6.07) is 21.1. The zero-order valence-corrected chi connectivity index (χ0v) is 22.3. The molecule has 8 heteroatoms. The number of carbonyl (C=O) groups excluding carboxylic acids is 2. The molecule has 1 saturated heterocycles. The summed E-state index contributed by atoms with van der Waals surface area (Å²) < 4.78 is 10.7.